The van der Waals surface area contributed by atoms with Gasteiger partial charge >= 0.3 is 5.97 Å². The highest BCUT2D eigenvalue weighted by Gasteiger charge is 2.28. The predicted molar refractivity (Wildman–Crippen MR) is 101 cm³/mol. The zero-order chi connectivity index (χ0) is 19.6. The van der Waals surface area contributed by atoms with Crippen LogP contribution in [0, 0.1) is 6.92 Å². The average molecular weight is 388 g/mol. The zero-order valence-corrected chi connectivity index (χ0v) is 15.6. The van der Waals surface area contributed by atoms with E-state index in [0.29, 0.717) is 24.3 Å². The first-order chi connectivity index (χ1) is 12.8. The minimum absolute atomic E-state index is 0.0985. The van der Waals surface area contributed by atoms with Gasteiger partial charge in [0.1, 0.15) is 0 Å². The molecule has 0 aliphatic carbocycles. The second kappa shape index (κ2) is 7.50. The van der Waals surface area contributed by atoms with E-state index >= 15 is 0 Å². The van der Waals surface area contributed by atoms with Crippen LogP contribution in [-0.2, 0) is 10.0 Å². The van der Waals surface area contributed by atoms with Crippen molar-refractivity contribution in [2.24, 2.45) is 0 Å². The summed E-state index contributed by atoms with van der Waals surface area (Å²) < 4.78 is 26.9. The normalized spacial score (nSPS) is 14.9. The van der Waals surface area contributed by atoms with Gasteiger partial charge in [0, 0.05) is 24.3 Å². The molecule has 0 radical (unpaired) electrons. The van der Waals surface area contributed by atoms with Gasteiger partial charge < -0.3 is 10.4 Å². The molecule has 27 heavy (non-hydrogen) atoms. The number of aromatic carboxylic acids is 1. The van der Waals surface area contributed by atoms with Crippen molar-refractivity contribution in [3.63, 3.8) is 0 Å². The molecule has 0 bridgehead atoms. The maximum atomic E-state index is 12.7. The summed E-state index contributed by atoms with van der Waals surface area (Å²) in [5.41, 5.74) is 1.45. The van der Waals surface area contributed by atoms with E-state index in [1.54, 1.807) is 13.0 Å². The van der Waals surface area contributed by atoms with Crippen LogP contribution in [0.25, 0.3) is 0 Å². The van der Waals surface area contributed by atoms with Gasteiger partial charge in [-0.1, -0.05) is 6.07 Å². The highest BCUT2D eigenvalue weighted by atomic mass is 32.2. The Morgan fingerprint density at radius 1 is 1.04 bits per heavy atom. The number of rotatable bonds is 5. The number of hydrogen-bond donors (Lipinski definition) is 2. The Morgan fingerprint density at radius 2 is 1.67 bits per heavy atom. The Bertz CT molecular complexity index is 978. The molecule has 1 heterocycles. The molecule has 1 aliphatic rings. The summed E-state index contributed by atoms with van der Waals surface area (Å²) in [4.78, 5) is 23.6. The fourth-order valence-electron chi connectivity index (χ4n) is 2.98. The van der Waals surface area contributed by atoms with Crippen LogP contribution in [-0.4, -0.2) is 42.8 Å². The van der Waals surface area contributed by atoms with Gasteiger partial charge in [-0.25, -0.2) is 13.2 Å². The van der Waals surface area contributed by atoms with Gasteiger partial charge in [-0.3, -0.25) is 4.79 Å². The predicted octanol–water partition coefficient (Wildman–Crippen LogP) is 2.73. The van der Waals surface area contributed by atoms with Gasteiger partial charge in [0.05, 0.1) is 10.5 Å². The monoisotopic (exact) mass is 388 g/mol. The lowest BCUT2D eigenvalue weighted by Gasteiger charge is -2.17. The van der Waals surface area contributed by atoms with Crippen LogP contribution in [0.4, 0.5) is 5.69 Å². The number of carboxylic acid groups (broad SMARTS) is 1. The molecule has 1 fully saturated rings. The third-order valence-electron chi connectivity index (χ3n) is 4.55. The molecule has 7 nitrogen and oxygen atoms in total. The van der Waals surface area contributed by atoms with Gasteiger partial charge in [0.25, 0.3) is 5.91 Å². The highest BCUT2D eigenvalue weighted by Crippen LogP contribution is 2.23. The first-order valence-electron chi connectivity index (χ1n) is 8.54. The van der Waals surface area contributed by atoms with Crippen molar-refractivity contribution in [1.29, 1.82) is 0 Å². The number of amides is 1. The molecule has 0 saturated carbocycles. The molecule has 2 aromatic rings. The fraction of sp³-hybridized carbons (Fsp3) is 0.263. The summed E-state index contributed by atoms with van der Waals surface area (Å²) >= 11 is 0. The van der Waals surface area contributed by atoms with E-state index in [9.17, 15) is 18.0 Å². The van der Waals surface area contributed by atoms with Crippen molar-refractivity contribution in [3.05, 3.63) is 59.2 Å². The molecule has 1 aliphatic heterocycles. The van der Waals surface area contributed by atoms with Crippen LogP contribution < -0.4 is 5.32 Å². The van der Waals surface area contributed by atoms with Crippen molar-refractivity contribution in [1.82, 2.24) is 4.31 Å². The van der Waals surface area contributed by atoms with Gasteiger partial charge in [-0.2, -0.15) is 4.31 Å². The molecule has 1 amide bonds. The number of anilines is 1. The number of carbonyl (C=O) groups excluding carboxylic acids is 1. The number of aryl methyl sites for hydroxylation is 1. The second-order valence-corrected chi connectivity index (χ2v) is 8.36. The van der Waals surface area contributed by atoms with Gasteiger partial charge in [-0.05, 0) is 61.7 Å². The summed E-state index contributed by atoms with van der Waals surface area (Å²) in [7, 11) is -3.61. The van der Waals surface area contributed by atoms with Crippen LogP contribution in [0.3, 0.4) is 0 Å². The van der Waals surface area contributed by atoms with Crippen molar-refractivity contribution in [2.75, 3.05) is 18.4 Å². The molecule has 1 saturated heterocycles. The first-order valence-corrected chi connectivity index (χ1v) is 9.98. The van der Waals surface area contributed by atoms with Crippen LogP contribution in [0.5, 0.6) is 0 Å². The third-order valence-corrected chi connectivity index (χ3v) is 6.44. The Labute approximate surface area is 157 Å². The van der Waals surface area contributed by atoms with Crippen LogP contribution in [0.1, 0.15) is 39.1 Å². The Balaban J connectivity index is 1.85. The largest absolute Gasteiger partial charge is 0.478 e. The number of carbonyl (C=O) groups is 2. The summed E-state index contributed by atoms with van der Waals surface area (Å²) in [5.74, 6) is -1.50. The van der Waals surface area contributed by atoms with Crippen molar-refractivity contribution in [2.45, 2.75) is 24.7 Å². The second-order valence-electron chi connectivity index (χ2n) is 6.42. The van der Waals surface area contributed by atoms with E-state index in [2.05, 4.69) is 5.32 Å². The average Bonchev–Trinajstić information content (AvgIpc) is 3.18. The van der Waals surface area contributed by atoms with E-state index < -0.39 is 21.9 Å². The molecule has 3 rings (SSSR count). The Kier molecular flexibility index (Phi) is 5.29. The number of hydrogen-bond acceptors (Lipinski definition) is 4. The van der Waals surface area contributed by atoms with E-state index in [0.717, 1.165) is 12.8 Å². The first kappa shape index (κ1) is 19.1. The molecule has 8 heteroatoms. The number of nitrogens with one attached hydrogen (secondary N) is 1. The molecule has 0 spiro atoms. The Hall–Kier alpha value is -2.71. The molecular weight excluding hydrogens is 368 g/mol. The van der Waals surface area contributed by atoms with Crippen LogP contribution in [0.15, 0.2) is 47.4 Å². The quantitative estimate of drug-likeness (QED) is 0.820. The molecule has 0 aromatic heterocycles. The summed E-state index contributed by atoms with van der Waals surface area (Å²) in [6, 6.07) is 10.3. The van der Waals surface area contributed by atoms with E-state index in [-0.39, 0.29) is 16.0 Å². The molecule has 0 unspecified atom stereocenters. The molecular formula is C19H20N2O5S. The summed E-state index contributed by atoms with van der Waals surface area (Å²) in [6.45, 7) is 2.72. The Morgan fingerprint density at radius 3 is 2.26 bits per heavy atom. The zero-order valence-electron chi connectivity index (χ0n) is 14.8. The minimum Gasteiger partial charge on any atom is -0.478 e. The fourth-order valence-corrected chi connectivity index (χ4v) is 4.52. The summed E-state index contributed by atoms with van der Waals surface area (Å²) in [5, 5.41) is 11.6. The van der Waals surface area contributed by atoms with Crippen molar-refractivity contribution in [3.8, 4) is 0 Å². The van der Waals surface area contributed by atoms with Crippen LogP contribution >= 0.6 is 0 Å². The minimum atomic E-state index is -3.61. The van der Waals surface area contributed by atoms with Crippen LogP contribution in [0.2, 0.25) is 0 Å². The van der Waals surface area contributed by atoms with Crippen molar-refractivity contribution >= 4 is 27.6 Å². The van der Waals surface area contributed by atoms with E-state index in [4.69, 9.17) is 5.11 Å². The third kappa shape index (κ3) is 4.01. The lowest BCUT2D eigenvalue weighted by atomic mass is 10.1. The number of carboxylic acids is 1. The number of sulfonamides is 1. The van der Waals surface area contributed by atoms with Gasteiger partial charge in [0.15, 0.2) is 0 Å². The smallest absolute Gasteiger partial charge is 0.335 e. The topological polar surface area (TPSA) is 104 Å². The summed E-state index contributed by atoms with van der Waals surface area (Å²) in [6.07, 6.45) is 1.68. The molecule has 2 aromatic carbocycles. The lowest BCUT2D eigenvalue weighted by Crippen LogP contribution is -2.28. The van der Waals surface area contributed by atoms with Gasteiger partial charge in [-0.15, -0.1) is 0 Å². The molecule has 2 N–H and O–H groups in total. The highest BCUT2D eigenvalue weighted by molar-refractivity contribution is 7.89. The maximum Gasteiger partial charge on any atom is 0.335 e. The molecule has 0 atom stereocenters. The number of nitrogens with zero attached hydrogens (tertiary/aromatic N) is 1. The standard InChI is InChI=1S/C19H20N2O5S/c1-13-4-9-16(27(25,26)21-10-2-3-11-21)12-17(13)18(22)20-15-7-5-14(6-8-15)19(23)24/h4-9,12H,2-3,10-11H2,1H3,(H,20,22)(H,23,24). The molecule has 142 valence electrons. The number of benzene rings is 2. The lowest BCUT2D eigenvalue weighted by molar-refractivity contribution is 0.0696. The van der Waals surface area contributed by atoms with E-state index in [1.807, 2.05) is 0 Å². The van der Waals surface area contributed by atoms with E-state index in [1.165, 1.54) is 40.7 Å². The van der Waals surface area contributed by atoms with Gasteiger partial charge in [0.2, 0.25) is 10.0 Å². The SMILES string of the molecule is Cc1ccc(S(=O)(=O)N2CCCC2)cc1C(=O)Nc1ccc(C(=O)O)cc1. The van der Waals surface area contributed by atoms with Crippen molar-refractivity contribution < 1.29 is 23.1 Å². The maximum absolute atomic E-state index is 12.7.